The first-order valence-electron chi connectivity index (χ1n) is 23.6. The van der Waals surface area contributed by atoms with E-state index < -0.39 is 0 Å². The molecule has 1 aliphatic heterocycles. The second-order valence-corrected chi connectivity index (χ2v) is 18.1. The standard InChI is InChI=1S/C66H46N2/c1-4-14-45(15-5-1)48-26-33-58(34-27-48)68-65-43-55(53-23-13-21-51(41-53)47-18-8-3-9-19-47)30-37-60(65)61-38-31-56(44-66(61)68)54-32-39-64-62(42-54)59-24-10-11-25-63(59)67(64)57-35-28-49(29-36-57)52-22-12-20-50(40-52)46-16-6-2-7-17-46/h1-44,62,64H. The van der Waals surface area contributed by atoms with Crippen LogP contribution in [0.4, 0.5) is 11.4 Å². The number of allylic oxidation sites excluding steroid dienone is 2. The average molecular weight is 867 g/mol. The molecule has 0 amide bonds. The van der Waals surface area contributed by atoms with Gasteiger partial charge >= 0.3 is 0 Å². The Balaban J connectivity index is 0.875. The van der Waals surface area contributed by atoms with Gasteiger partial charge in [-0.2, -0.15) is 0 Å². The van der Waals surface area contributed by atoms with Crippen LogP contribution in [0, 0.1) is 0 Å². The van der Waals surface area contributed by atoms with E-state index in [1.54, 1.807) is 0 Å². The Morgan fingerprint density at radius 3 is 1.31 bits per heavy atom. The van der Waals surface area contributed by atoms with Gasteiger partial charge in [0, 0.05) is 33.8 Å². The monoisotopic (exact) mass is 866 g/mol. The number of rotatable bonds is 8. The molecule has 0 saturated carbocycles. The Morgan fingerprint density at radius 2 is 0.721 bits per heavy atom. The molecule has 0 radical (unpaired) electrons. The number of aromatic nitrogens is 1. The molecule has 2 heteroatoms. The molecule has 0 N–H and O–H groups in total. The number of hydrogen-bond donors (Lipinski definition) is 0. The fraction of sp³-hybridized carbons (Fsp3) is 0.0303. The van der Waals surface area contributed by atoms with Crippen molar-refractivity contribution in [3.63, 3.8) is 0 Å². The van der Waals surface area contributed by atoms with Crippen LogP contribution >= 0.6 is 0 Å². The van der Waals surface area contributed by atoms with E-state index in [2.05, 4.69) is 276 Å². The highest BCUT2D eigenvalue weighted by atomic mass is 15.2. The summed E-state index contributed by atoms with van der Waals surface area (Å²) in [5, 5.41) is 2.48. The average Bonchev–Trinajstić information content (AvgIpc) is 3.93. The van der Waals surface area contributed by atoms with Crippen LogP contribution in [0.2, 0.25) is 0 Å². The minimum Gasteiger partial charge on any atom is -0.333 e. The molecule has 2 heterocycles. The van der Waals surface area contributed by atoms with Crippen molar-refractivity contribution in [2.24, 2.45) is 0 Å². The van der Waals surface area contributed by atoms with Crippen LogP contribution in [0.5, 0.6) is 0 Å². The van der Waals surface area contributed by atoms with Gasteiger partial charge in [0.15, 0.2) is 0 Å². The minimum absolute atomic E-state index is 0.167. The van der Waals surface area contributed by atoms with Gasteiger partial charge < -0.3 is 9.47 Å². The van der Waals surface area contributed by atoms with Crippen molar-refractivity contribution < 1.29 is 0 Å². The molecule has 1 aromatic heterocycles. The smallest absolute Gasteiger partial charge is 0.0630 e. The van der Waals surface area contributed by atoms with Crippen molar-refractivity contribution in [3.05, 3.63) is 278 Å². The Labute approximate surface area is 397 Å². The van der Waals surface area contributed by atoms with E-state index in [0.29, 0.717) is 0 Å². The van der Waals surface area contributed by atoms with E-state index in [9.17, 15) is 0 Å². The number of para-hydroxylation sites is 1. The third-order valence-electron chi connectivity index (χ3n) is 14.1. The zero-order chi connectivity index (χ0) is 45.0. The summed E-state index contributed by atoms with van der Waals surface area (Å²) in [6, 6.07) is 91.1. The second kappa shape index (κ2) is 16.6. The number of hydrogen-bond acceptors (Lipinski definition) is 1. The summed E-state index contributed by atoms with van der Waals surface area (Å²) in [4.78, 5) is 2.53. The highest BCUT2D eigenvalue weighted by molar-refractivity contribution is 6.11. The minimum atomic E-state index is 0.167. The lowest BCUT2D eigenvalue weighted by atomic mass is 9.86. The molecule has 0 bridgehead atoms. The van der Waals surface area contributed by atoms with Crippen LogP contribution in [0.1, 0.15) is 17.0 Å². The van der Waals surface area contributed by atoms with Gasteiger partial charge in [-0.15, -0.1) is 0 Å². The molecule has 320 valence electrons. The number of fused-ring (bicyclic) bond motifs is 6. The van der Waals surface area contributed by atoms with E-state index in [0.717, 1.165) is 5.69 Å². The number of benzene rings is 10. The maximum absolute atomic E-state index is 2.53. The first kappa shape index (κ1) is 39.6. The van der Waals surface area contributed by atoms with Crippen molar-refractivity contribution in [2.75, 3.05) is 4.90 Å². The predicted molar refractivity (Wildman–Crippen MR) is 287 cm³/mol. The molecule has 68 heavy (non-hydrogen) atoms. The van der Waals surface area contributed by atoms with Crippen molar-refractivity contribution in [1.29, 1.82) is 0 Å². The fourth-order valence-electron chi connectivity index (χ4n) is 10.8. The molecule has 2 nitrogen and oxygen atoms in total. The summed E-state index contributed by atoms with van der Waals surface area (Å²) in [5.41, 5.74) is 21.9. The molecule has 0 spiro atoms. The van der Waals surface area contributed by atoms with Crippen LogP contribution in [0.25, 0.3) is 88.7 Å². The third kappa shape index (κ3) is 6.98. The zero-order valence-electron chi connectivity index (χ0n) is 37.5. The van der Waals surface area contributed by atoms with E-state index in [4.69, 9.17) is 0 Å². The molecule has 0 fully saturated rings. The van der Waals surface area contributed by atoms with E-state index in [1.165, 1.54) is 106 Å². The largest absolute Gasteiger partial charge is 0.333 e. The van der Waals surface area contributed by atoms with Crippen LogP contribution in [0.15, 0.2) is 267 Å². The topological polar surface area (TPSA) is 8.17 Å². The van der Waals surface area contributed by atoms with Gasteiger partial charge in [0.2, 0.25) is 0 Å². The number of nitrogens with zero attached hydrogens (tertiary/aromatic N) is 2. The van der Waals surface area contributed by atoms with E-state index in [-0.39, 0.29) is 12.0 Å². The van der Waals surface area contributed by atoms with Crippen LogP contribution in [-0.2, 0) is 0 Å². The summed E-state index contributed by atoms with van der Waals surface area (Å²) in [7, 11) is 0. The van der Waals surface area contributed by atoms with E-state index >= 15 is 0 Å². The van der Waals surface area contributed by atoms with Gasteiger partial charge in [0.05, 0.1) is 17.1 Å². The second-order valence-electron chi connectivity index (χ2n) is 18.1. The number of anilines is 2. The van der Waals surface area contributed by atoms with Crippen molar-refractivity contribution in [1.82, 2.24) is 4.57 Å². The molecule has 10 aromatic carbocycles. The van der Waals surface area contributed by atoms with Crippen LogP contribution < -0.4 is 4.90 Å². The lowest BCUT2D eigenvalue weighted by molar-refractivity contribution is 0.747. The Hall–Kier alpha value is -8.72. The normalized spacial score (nSPS) is 15.1. The summed E-state index contributed by atoms with van der Waals surface area (Å²) < 4.78 is 2.47. The Morgan fingerprint density at radius 1 is 0.309 bits per heavy atom. The van der Waals surface area contributed by atoms with Gasteiger partial charge in [0.25, 0.3) is 0 Å². The summed E-state index contributed by atoms with van der Waals surface area (Å²) >= 11 is 0. The van der Waals surface area contributed by atoms with Gasteiger partial charge in [-0.25, -0.2) is 0 Å². The maximum atomic E-state index is 2.53. The van der Waals surface area contributed by atoms with Crippen molar-refractivity contribution in [3.8, 4) is 61.3 Å². The highest BCUT2D eigenvalue weighted by Gasteiger charge is 2.38. The molecule has 11 aromatic rings. The third-order valence-corrected chi connectivity index (χ3v) is 14.1. The van der Waals surface area contributed by atoms with Gasteiger partial charge in [-0.1, -0.05) is 212 Å². The summed E-state index contributed by atoms with van der Waals surface area (Å²) in [6.07, 6.45) is 7.28. The lowest BCUT2D eigenvalue weighted by Crippen LogP contribution is -2.28. The van der Waals surface area contributed by atoms with Gasteiger partial charge in [-0.05, 0) is 127 Å². The fourth-order valence-corrected chi connectivity index (χ4v) is 10.8. The van der Waals surface area contributed by atoms with Crippen molar-refractivity contribution >= 4 is 38.8 Å². The summed E-state index contributed by atoms with van der Waals surface area (Å²) in [5.74, 6) is 0.203. The van der Waals surface area contributed by atoms with Gasteiger partial charge in [-0.3, -0.25) is 0 Å². The quantitative estimate of drug-likeness (QED) is 0.148. The Kier molecular flexibility index (Phi) is 9.68. The molecule has 2 unspecified atom stereocenters. The molecule has 13 rings (SSSR count). The van der Waals surface area contributed by atoms with Gasteiger partial charge in [0.1, 0.15) is 0 Å². The molecule has 1 aliphatic carbocycles. The molecular formula is C66H46N2. The van der Waals surface area contributed by atoms with Crippen LogP contribution in [-0.4, -0.2) is 10.6 Å². The summed E-state index contributed by atoms with van der Waals surface area (Å²) in [6.45, 7) is 0. The first-order chi connectivity index (χ1) is 33.7. The maximum Gasteiger partial charge on any atom is 0.0630 e. The predicted octanol–water partition coefficient (Wildman–Crippen LogP) is 17.4. The first-order valence-corrected chi connectivity index (χ1v) is 23.6. The zero-order valence-corrected chi connectivity index (χ0v) is 37.5. The SMILES string of the molecule is C1=CC2C(C=C1c1ccc3c4ccc(-c5cccc(-c6ccccc6)c5)cc4n(-c4ccc(-c5ccccc5)cc4)c3c1)c1ccccc1N2c1ccc(-c2cccc(-c3ccccc3)c2)cc1. The Bertz CT molecular complexity index is 3710. The van der Waals surface area contributed by atoms with E-state index in [1.807, 2.05) is 0 Å². The molecule has 2 atom stereocenters. The highest BCUT2D eigenvalue weighted by Crippen LogP contribution is 2.50. The molecule has 0 saturated heterocycles. The van der Waals surface area contributed by atoms with Crippen LogP contribution in [0.3, 0.4) is 0 Å². The molecule has 2 aliphatic rings. The van der Waals surface area contributed by atoms with Crippen molar-refractivity contribution in [2.45, 2.75) is 12.0 Å². The lowest BCUT2D eigenvalue weighted by Gasteiger charge is -2.30. The molecular weight excluding hydrogens is 821 g/mol.